The number of rotatable bonds is 5. The second-order valence-corrected chi connectivity index (χ2v) is 8.18. The van der Waals surface area contributed by atoms with E-state index in [1.54, 1.807) is 14.2 Å². The number of pyridine rings is 1. The molecule has 2 aromatic carbocycles. The minimum Gasteiger partial charge on any atom is -0.493 e. The minimum atomic E-state index is 0.181. The second-order valence-electron chi connectivity index (χ2n) is 8.18. The highest BCUT2D eigenvalue weighted by Crippen LogP contribution is 2.36. The maximum atomic E-state index is 12.8. The average Bonchev–Trinajstić information content (AvgIpc) is 2.78. The van der Waals surface area contributed by atoms with Crippen LogP contribution in [0.3, 0.4) is 0 Å². The van der Waals surface area contributed by atoms with Crippen LogP contribution in [0.2, 0.25) is 0 Å². The Labute approximate surface area is 183 Å². The molecular weight excluding hydrogens is 390 g/mol. The molecule has 3 aromatic rings. The second kappa shape index (κ2) is 8.84. The third-order valence-corrected chi connectivity index (χ3v) is 6.05. The van der Waals surface area contributed by atoms with E-state index >= 15 is 0 Å². The summed E-state index contributed by atoms with van der Waals surface area (Å²) in [6.07, 6.45) is 2.16. The monoisotopic (exact) mass is 419 g/mol. The van der Waals surface area contributed by atoms with Gasteiger partial charge in [0.15, 0.2) is 11.5 Å². The molecule has 4 rings (SSSR count). The Hall–Kier alpha value is -3.28. The van der Waals surface area contributed by atoms with Crippen LogP contribution in [0, 0.1) is 6.92 Å². The molecule has 1 amide bonds. The lowest BCUT2D eigenvalue weighted by Crippen LogP contribution is -2.39. The Morgan fingerprint density at radius 3 is 2.48 bits per heavy atom. The number of likely N-dealkylation sites (tertiary alicyclic amines) is 1. The number of piperidine rings is 1. The molecule has 2 N–H and O–H groups in total. The van der Waals surface area contributed by atoms with Crippen molar-refractivity contribution < 1.29 is 14.3 Å². The number of hydrogen-bond acceptors (Lipinski definition) is 5. The van der Waals surface area contributed by atoms with E-state index < -0.39 is 0 Å². The fourth-order valence-corrected chi connectivity index (χ4v) is 4.37. The lowest BCUT2D eigenvalue weighted by molar-refractivity contribution is -0.131. The number of nitrogens with zero attached hydrogens (tertiary/aromatic N) is 2. The van der Waals surface area contributed by atoms with Crippen LogP contribution < -0.4 is 15.2 Å². The van der Waals surface area contributed by atoms with Gasteiger partial charge < -0.3 is 20.1 Å². The van der Waals surface area contributed by atoms with Crippen molar-refractivity contribution in [3.63, 3.8) is 0 Å². The third kappa shape index (κ3) is 4.43. The SMILES string of the molecule is COc1cc2cc(N)c(C3CCN(C(=O)Cc4cccc(C)c4)CC3)nc2cc1OC. The average molecular weight is 420 g/mol. The highest BCUT2D eigenvalue weighted by atomic mass is 16.5. The smallest absolute Gasteiger partial charge is 0.226 e. The molecule has 1 aliphatic rings. The van der Waals surface area contributed by atoms with E-state index in [-0.39, 0.29) is 11.8 Å². The number of carbonyl (C=O) groups excluding carboxylic acids is 1. The summed E-state index contributed by atoms with van der Waals surface area (Å²) in [6.45, 7) is 3.49. The zero-order valence-electron chi connectivity index (χ0n) is 18.4. The molecule has 31 heavy (non-hydrogen) atoms. The van der Waals surface area contributed by atoms with Crippen LogP contribution in [0.1, 0.15) is 35.6 Å². The first kappa shape index (κ1) is 21.0. The first-order valence-corrected chi connectivity index (χ1v) is 10.6. The zero-order valence-corrected chi connectivity index (χ0v) is 18.4. The molecule has 2 heterocycles. The molecule has 1 fully saturated rings. The van der Waals surface area contributed by atoms with E-state index in [0.717, 1.165) is 48.1 Å². The lowest BCUT2D eigenvalue weighted by Gasteiger charge is -2.32. The van der Waals surface area contributed by atoms with Gasteiger partial charge in [-0.1, -0.05) is 29.8 Å². The van der Waals surface area contributed by atoms with E-state index in [2.05, 4.69) is 6.07 Å². The number of ether oxygens (including phenoxy) is 2. The van der Waals surface area contributed by atoms with Gasteiger partial charge in [0.05, 0.1) is 37.5 Å². The number of aryl methyl sites for hydroxylation is 1. The summed E-state index contributed by atoms with van der Waals surface area (Å²) in [4.78, 5) is 19.6. The summed E-state index contributed by atoms with van der Waals surface area (Å²) in [5.74, 6) is 1.72. The van der Waals surface area contributed by atoms with Gasteiger partial charge in [0.1, 0.15) is 0 Å². The van der Waals surface area contributed by atoms with Gasteiger partial charge in [0.25, 0.3) is 0 Å². The molecule has 0 bridgehead atoms. The summed E-state index contributed by atoms with van der Waals surface area (Å²) in [7, 11) is 3.23. The number of fused-ring (bicyclic) bond motifs is 1. The number of nitrogens with two attached hydrogens (primary N) is 1. The Morgan fingerprint density at radius 2 is 1.81 bits per heavy atom. The number of anilines is 1. The number of nitrogen functional groups attached to an aromatic ring is 1. The fourth-order valence-electron chi connectivity index (χ4n) is 4.37. The topological polar surface area (TPSA) is 77.7 Å². The van der Waals surface area contributed by atoms with Crippen molar-refractivity contribution in [2.75, 3.05) is 33.0 Å². The maximum absolute atomic E-state index is 12.8. The highest BCUT2D eigenvalue weighted by molar-refractivity contribution is 5.86. The number of amides is 1. The Morgan fingerprint density at radius 1 is 1.10 bits per heavy atom. The maximum Gasteiger partial charge on any atom is 0.226 e. The largest absolute Gasteiger partial charge is 0.493 e. The van der Waals surface area contributed by atoms with E-state index in [0.29, 0.717) is 23.6 Å². The van der Waals surface area contributed by atoms with E-state index in [9.17, 15) is 4.79 Å². The molecule has 1 aromatic heterocycles. The van der Waals surface area contributed by atoms with Crippen molar-refractivity contribution in [1.82, 2.24) is 9.88 Å². The Kier molecular flexibility index (Phi) is 5.98. The lowest BCUT2D eigenvalue weighted by atomic mass is 9.91. The van der Waals surface area contributed by atoms with Crippen LogP contribution >= 0.6 is 0 Å². The number of hydrogen-bond donors (Lipinski definition) is 1. The Bertz CT molecular complexity index is 1100. The van der Waals surface area contributed by atoms with Crippen LogP contribution in [0.25, 0.3) is 10.9 Å². The molecular formula is C25H29N3O3. The van der Waals surface area contributed by atoms with Gasteiger partial charge >= 0.3 is 0 Å². The minimum absolute atomic E-state index is 0.181. The molecule has 1 aliphatic heterocycles. The summed E-state index contributed by atoms with van der Waals surface area (Å²) in [5.41, 5.74) is 11.0. The number of methoxy groups -OCH3 is 2. The molecule has 6 heteroatoms. The van der Waals surface area contributed by atoms with Crippen LogP contribution in [0.15, 0.2) is 42.5 Å². The third-order valence-electron chi connectivity index (χ3n) is 6.05. The predicted molar refractivity (Wildman–Crippen MR) is 123 cm³/mol. The van der Waals surface area contributed by atoms with Gasteiger partial charge in [0, 0.05) is 30.5 Å². The normalized spacial score (nSPS) is 14.6. The van der Waals surface area contributed by atoms with E-state index in [1.165, 1.54) is 5.56 Å². The van der Waals surface area contributed by atoms with Gasteiger partial charge in [-0.15, -0.1) is 0 Å². The van der Waals surface area contributed by atoms with E-state index in [4.69, 9.17) is 20.2 Å². The summed E-state index contributed by atoms with van der Waals surface area (Å²) in [6, 6.07) is 13.9. The molecule has 6 nitrogen and oxygen atoms in total. The van der Waals surface area contributed by atoms with Gasteiger partial charge in [-0.25, -0.2) is 0 Å². The van der Waals surface area contributed by atoms with Crippen LogP contribution in [-0.4, -0.2) is 43.1 Å². The molecule has 162 valence electrons. The molecule has 0 spiro atoms. The molecule has 0 radical (unpaired) electrons. The summed E-state index contributed by atoms with van der Waals surface area (Å²) >= 11 is 0. The molecule has 0 atom stereocenters. The molecule has 0 unspecified atom stereocenters. The van der Waals surface area contributed by atoms with Crippen molar-refractivity contribution in [3.05, 3.63) is 59.3 Å². The van der Waals surface area contributed by atoms with Gasteiger partial charge in [-0.3, -0.25) is 9.78 Å². The summed E-state index contributed by atoms with van der Waals surface area (Å²) < 4.78 is 10.8. The van der Waals surface area contributed by atoms with Crippen molar-refractivity contribution in [2.24, 2.45) is 0 Å². The molecule has 1 saturated heterocycles. The van der Waals surface area contributed by atoms with Crippen molar-refractivity contribution in [2.45, 2.75) is 32.1 Å². The standard InChI is InChI=1S/C25H29N3O3/c1-16-5-4-6-17(11-16)12-24(29)28-9-7-18(8-10-28)25-20(26)13-19-14-22(30-2)23(31-3)15-21(19)27-25/h4-6,11,13-15,18H,7-10,12,26H2,1-3H3. The van der Waals surface area contributed by atoms with Crippen molar-refractivity contribution in [1.29, 1.82) is 0 Å². The quantitative estimate of drug-likeness (QED) is 0.674. The highest BCUT2D eigenvalue weighted by Gasteiger charge is 2.26. The molecule has 0 aliphatic carbocycles. The number of aromatic nitrogens is 1. The van der Waals surface area contributed by atoms with Gasteiger partial charge in [-0.05, 0) is 37.5 Å². The number of benzene rings is 2. The Balaban J connectivity index is 1.47. The van der Waals surface area contributed by atoms with Crippen LogP contribution in [0.5, 0.6) is 11.5 Å². The summed E-state index contributed by atoms with van der Waals surface area (Å²) in [5, 5.41) is 0.921. The zero-order chi connectivity index (χ0) is 22.0. The van der Waals surface area contributed by atoms with Crippen LogP contribution in [-0.2, 0) is 11.2 Å². The molecule has 0 saturated carbocycles. The van der Waals surface area contributed by atoms with Crippen LogP contribution in [0.4, 0.5) is 5.69 Å². The van der Waals surface area contributed by atoms with Gasteiger partial charge in [0.2, 0.25) is 5.91 Å². The van der Waals surface area contributed by atoms with Gasteiger partial charge in [-0.2, -0.15) is 0 Å². The van der Waals surface area contributed by atoms with Crippen molar-refractivity contribution >= 4 is 22.5 Å². The van der Waals surface area contributed by atoms with E-state index in [1.807, 2.05) is 48.2 Å². The fraction of sp³-hybridized carbons (Fsp3) is 0.360. The first-order valence-electron chi connectivity index (χ1n) is 10.6. The first-order chi connectivity index (χ1) is 15.0. The number of carbonyl (C=O) groups is 1. The predicted octanol–water partition coefficient (Wildman–Crippen LogP) is 4.09. The van der Waals surface area contributed by atoms with Crippen molar-refractivity contribution in [3.8, 4) is 11.5 Å².